The van der Waals surface area contributed by atoms with Gasteiger partial charge in [0.25, 0.3) is 0 Å². The van der Waals surface area contributed by atoms with E-state index in [9.17, 15) is 4.39 Å². The molecule has 1 unspecified atom stereocenters. The van der Waals surface area contributed by atoms with Gasteiger partial charge >= 0.3 is 0 Å². The third kappa shape index (κ3) is 3.48. The first kappa shape index (κ1) is 18.9. The minimum absolute atomic E-state index is 0.0284. The highest BCUT2D eigenvalue weighted by molar-refractivity contribution is 7.16. The number of rotatable bonds is 4. The summed E-state index contributed by atoms with van der Waals surface area (Å²) in [5.74, 6) is 0.715. The molecule has 0 amide bonds. The zero-order valence-electron chi connectivity index (χ0n) is 15.8. The van der Waals surface area contributed by atoms with Crippen LogP contribution < -0.4 is 10.2 Å². The first-order valence-electron chi connectivity index (χ1n) is 9.24. The minimum Gasteiger partial charge on any atom is -0.348 e. The summed E-state index contributed by atoms with van der Waals surface area (Å²) in [4.78, 5) is 20.4. The van der Waals surface area contributed by atoms with Gasteiger partial charge in [0.05, 0.1) is 46.6 Å². The number of hydrogen-bond acceptors (Lipinski definition) is 8. The molecule has 0 aliphatic carbocycles. The summed E-state index contributed by atoms with van der Waals surface area (Å²) >= 11 is 7.51. The highest BCUT2D eigenvalue weighted by Gasteiger charge is 2.29. The minimum atomic E-state index is -0.483. The molecule has 1 atom stereocenters. The number of H-pyrrole nitrogens is 1. The number of aromatic nitrogens is 6. The van der Waals surface area contributed by atoms with Crippen molar-refractivity contribution in [3.8, 4) is 11.3 Å². The predicted octanol–water partition coefficient (Wildman–Crippen LogP) is 4.38. The molecule has 0 spiro atoms. The number of fused-ring (bicyclic) bond motifs is 3. The average Bonchev–Trinajstić information content (AvgIpc) is 3.35. The van der Waals surface area contributed by atoms with Crippen LogP contribution in [0.15, 0.2) is 36.9 Å². The first-order valence-corrected chi connectivity index (χ1v) is 10.4. The van der Waals surface area contributed by atoms with Crippen molar-refractivity contribution in [1.82, 2.24) is 30.1 Å². The van der Waals surface area contributed by atoms with Gasteiger partial charge in [0.1, 0.15) is 5.82 Å². The molecule has 8 nitrogen and oxygen atoms in total. The third-order valence-electron chi connectivity index (χ3n) is 4.92. The van der Waals surface area contributed by atoms with Crippen LogP contribution in [-0.4, -0.2) is 36.7 Å². The molecular formula is C19H16ClFN8S. The summed E-state index contributed by atoms with van der Waals surface area (Å²) in [7, 11) is 0. The summed E-state index contributed by atoms with van der Waals surface area (Å²) in [6, 6.07) is 3.81. The van der Waals surface area contributed by atoms with Gasteiger partial charge < -0.3 is 10.2 Å². The Balaban J connectivity index is 1.45. The topological polar surface area (TPSA) is 95.5 Å². The molecule has 1 aliphatic heterocycles. The van der Waals surface area contributed by atoms with Crippen LogP contribution in [0.4, 0.5) is 21.3 Å². The van der Waals surface area contributed by atoms with Gasteiger partial charge in [0, 0.05) is 24.0 Å². The summed E-state index contributed by atoms with van der Waals surface area (Å²) in [5, 5.41) is 11.7. The van der Waals surface area contributed by atoms with Gasteiger partial charge in [-0.3, -0.25) is 10.1 Å². The van der Waals surface area contributed by atoms with Gasteiger partial charge in [0.15, 0.2) is 10.9 Å². The second-order valence-electron chi connectivity index (χ2n) is 6.79. The van der Waals surface area contributed by atoms with Crippen LogP contribution in [0.5, 0.6) is 0 Å². The van der Waals surface area contributed by atoms with Crippen molar-refractivity contribution >= 4 is 39.8 Å². The highest BCUT2D eigenvalue weighted by Crippen LogP contribution is 2.41. The van der Waals surface area contributed by atoms with E-state index in [1.54, 1.807) is 12.4 Å². The van der Waals surface area contributed by atoms with Crippen molar-refractivity contribution < 1.29 is 4.39 Å². The molecule has 1 aliphatic rings. The van der Waals surface area contributed by atoms with Crippen LogP contribution in [0.1, 0.15) is 23.5 Å². The van der Waals surface area contributed by atoms with E-state index in [4.69, 9.17) is 16.6 Å². The molecule has 2 N–H and O–H groups in total. The molecule has 0 aromatic carbocycles. The maximum atomic E-state index is 13.0. The van der Waals surface area contributed by atoms with Crippen molar-refractivity contribution in [2.75, 3.05) is 16.8 Å². The smallest absolute Gasteiger partial charge is 0.229 e. The zero-order chi connectivity index (χ0) is 20.7. The number of nitrogens with one attached hydrogen (secondary N) is 2. The largest absolute Gasteiger partial charge is 0.348 e. The van der Waals surface area contributed by atoms with Gasteiger partial charge in [-0.15, -0.1) is 11.3 Å². The predicted molar refractivity (Wildman–Crippen MR) is 114 cm³/mol. The van der Waals surface area contributed by atoms with Crippen LogP contribution in [0.3, 0.4) is 0 Å². The van der Waals surface area contributed by atoms with Crippen molar-refractivity contribution in [1.29, 1.82) is 0 Å². The van der Waals surface area contributed by atoms with E-state index >= 15 is 0 Å². The maximum absolute atomic E-state index is 13.0. The van der Waals surface area contributed by atoms with E-state index < -0.39 is 5.82 Å². The standard InChI is InChI=1S/C19H16ClFN8S/c1-10(14-3-2-11(20)6-22-14)29-5-4-15-16(13-9-25-28-17(13)29)26-19(30-15)27-18-23-7-12(21)8-24-18/h2-3,6-10H,4-5H2,1H3,(H,25,28)(H,23,24,26,27). The van der Waals surface area contributed by atoms with E-state index in [2.05, 4.69) is 42.3 Å². The SMILES string of the molecule is CC(c1ccc(Cl)cn1)N1CCc2sc(Nc3ncc(F)cn3)nc2-c2cn[nH]c21. The lowest BCUT2D eigenvalue weighted by Crippen LogP contribution is -2.29. The zero-order valence-corrected chi connectivity index (χ0v) is 17.4. The van der Waals surface area contributed by atoms with Crippen molar-refractivity contribution in [3.05, 3.63) is 58.3 Å². The van der Waals surface area contributed by atoms with Crippen LogP contribution in [-0.2, 0) is 6.42 Å². The van der Waals surface area contributed by atoms with Gasteiger partial charge in [-0.25, -0.2) is 19.3 Å². The van der Waals surface area contributed by atoms with Gasteiger partial charge in [0.2, 0.25) is 5.95 Å². The van der Waals surface area contributed by atoms with Gasteiger partial charge in [-0.1, -0.05) is 11.6 Å². The Morgan fingerprint density at radius 1 is 1.20 bits per heavy atom. The number of halogens is 2. The summed E-state index contributed by atoms with van der Waals surface area (Å²) in [6.07, 6.45) is 6.48. The highest BCUT2D eigenvalue weighted by atomic mass is 35.5. The fourth-order valence-corrected chi connectivity index (χ4v) is 4.51. The number of hydrogen-bond donors (Lipinski definition) is 2. The van der Waals surface area contributed by atoms with Crippen LogP contribution in [0.2, 0.25) is 5.02 Å². The number of aromatic amines is 1. The summed E-state index contributed by atoms with van der Waals surface area (Å²) < 4.78 is 13.0. The molecule has 11 heteroatoms. The average molecular weight is 443 g/mol. The second-order valence-corrected chi connectivity index (χ2v) is 8.31. The van der Waals surface area contributed by atoms with Crippen LogP contribution in [0, 0.1) is 5.82 Å². The van der Waals surface area contributed by atoms with Crippen molar-refractivity contribution in [2.24, 2.45) is 0 Å². The molecule has 4 aromatic rings. The Morgan fingerprint density at radius 2 is 2.03 bits per heavy atom. The molecule has 0 radical (unpaired) electrons. The molecule has 5 rings (SSSR count). The monoisotopic (exact) mass is 442 g/mol. The quantitative estimate of drug-likeness (QED) is 0.484. The number of anilines is 3. The maximum Gasteiger partial charge on any atom is 0.229 e. The number of pyridine rings is 1. The molecule has 30 heavy (non-hydrogen) atoms. The molecule has 0 fully saturated rings. The second kappa shape index (κ2) is 7.62. The lowest BCUT2D eigenvalue weighted by Gasteiger charge is -2.29. The fraction of sp³-hybridized carbons (Fsp3) is 0.211. The first-order chi connectivity index (χ1) is 14.6. The Kier molecular flexibility index (Phi) is 4.80. The van der Waals surface area contributed by atoms with E-state index in [0.29, 0.717) is 16.1 Å². The summed E-state index contributed by atoms with van der Waals surface area (Å²) in [5.41, 5.74) is 2.72. The van der Waals surface area contributed by atoms with Gasteiger partial charge in [-0.2, -0.15) is 5.10 Å². The Bertz CT molecular complexity index is 1170. The van der Waals surface area contributed by atoms with E-state index in [0.717, 1.165) is 53.0 Å². The molecule has 4 aromatic heterocycles. The molecular weight excluding hydrogens is 427 g/mol. The Morgan fingerprint density at radius 3 is 2.80 bits per heavy atom. The van der Waals surface area contributed by atoms with Crippen molar-refractivity contribution in [3.63, 3.8) is 0 Å². The Hall–Kier alpha value is -3.11. The normalized spacial score (nSPS) is 14.0. The molecule has 0 saturated carbocycles. The van der Waals surface area contributed by atoms with E-state index in [-0.39, 0.29) is 6.04 Å². The Labute approximate surface area is 180 Å². The number of thiazole rings is 1. The lowest BCUT2D eigenvalue weighted by atomic mass is 10.1. The third-order valence-corrected chi connectivity index (χ3v) is 6.18. The molecule has 152 valence electrons. The molecule has 0 bridgehead atoms. The van der Waals surface area contributed by atoms with Crippen LogP contribution in [0.25, 0.3) is 11.3 Å². The van der Waals surface area contributed by atoms with Crippen LogP contribution >= 0.6 is 22.9 Å². The number of nitrogens with zero attached hydrogens (tertiary/aromatic N) is 6. The summed E-state index contributed by atoms with van der Waals surface area (Å²) in [6.45, 7) is 2.87. The van der Waals surface area contributed by atoms with Crippen molar-refractivity contribution in [2.45, 2.75) is 19.4 Å². The molecule has 0 saturated heterocycles. The molecule has 5 heterocycles. The van der Waals surface area contributed by atoms with Gasteiger partial charge in [-0.05, 0) is 19.1 Å². The van der Waals surface area contributed by atoms with E-state index in [1.807, 2.05) is 12.1 Å². The fourth-order valence-electron chi connectivity index (χ4n) is 3.44. The van der Waals surface area contributed by atoms with E-state index in [1.165, 1.54) is 11.3 Å². The lowest BCUT2D eigenvalue weighted by molar-refractivity contribution is 0.614.